The number of carbonyl (C=O) groups excluding carboxylic acids is 3. The standard InChI is InChI=1S/C21H20N2O6/c1-12-9-14(11-18-19(24)23-21(26)29-18)5-8-17(12)28-15-6-3-13(4-7-15)10-16(22)20(25)27-2/h3-9,11,16H,10,22H2,1-2H3,(H,23,24,26)/b18-11+. The fraction of sp³-hybridized carbons (Fsp3) is 0.190. The van der Waals surface area contributed by atoms with Crippen LogP contribution in [-0.2, 0) is 25.5 Å². The van der Waals surface area contributed by atoms with Crippen LogP contribution >= 0.6 is 0 Å². The maximum Gasteiger partial charge on any atom is 0.419 e. The molecule has 0 aliphatic carbocycles. The zero-order valence-corrected chi connectivity index (χ0v) is 15.9. The number of alkyl carbamates (subject to hydrolysis) is 1. The number of ether oxygens (including phenoxy) is 3. The Hall–Kier alpha value is -3.65. The molecule has 0 bridgehead atoms. The number of esters is 1. The van der Waals surface area contributed by atoms with E-state index in [4.69, 9.17) is 15.2 Å². The lowest BCUT2D eigenvalue weighted by Crippen LogP contribution is -2.33. The molecule has 1 fully saturated rings. The third kappa shape index (κ3) is 4.99. The minimum absolute atomic E-state index is 0.0520. The molecule has 2 aromatic carbocycles. The molecule has 3 N–H and O–H groups in total. The smallest absolute Gasteiger partial charge is 0.419 e. The Labute approximate surface area is 167 Å². The number of rotatable bonds is 6. The van der Waals surface area contributed by atoms with Crippen LogP contribution in [0.25, 0.3) is 6.08 Å². The van der Waals surface area contributed by atoms with Gasteiger partial charge in [0.1, 0.15) is 17.5 Å². The highest BCUT2D eigenvalue weighted by atomic mass is 16.6. The Morgan fingerprint density at radius 2 is 1.93 bits per heavy atom. The number of imide groups is 1. The molecule has 0 aromatic heterocycles. The Kier molecular flexibility index (Phi) is 5.94. The zero-order chi connectivity index (χ0) is 21.0. The molecule has 2 aromatic rings. The van der Waals surface area contributed by atoms with Crippen LogP contribution in [0.5, 0.6) is 11.5 Å². The largest absolute Gasteiger partial charge is 0.468 e. The van der Waals surface area contributed by atoms with Crippen LogP contribution in [0.2, 0.25) is 0 Å². The zero-order valence-electron chi connectivity index (χ0n) is 15.9. The molecule has 2 amide bonds. The van der Waals surface area contributed by atoms with Gasteiger partial charge >= 0.3 is 12.1 Å². The van der Waals surface area contributed by atoms with Crippen LogP contribution in [0.3, 0.4) is 0 Å². The lowest BCUT2D eigenvalue weighted by Gasteiger charge is -2.12. The predicted octanol–water partition coefficient (Wildman–Crippen LogP) is 2.44. The van der Waals surface area contributed by atoms with Crippen molar-refractivity contribution in [3.63, 3.8) is 0 Å². The second kappa shape index (κ2) is 8.57. The first-order valence-electron chi connectivity index (χ1n) is 8.81. The lowest BCUT2D eigenvalue weighted by atomic mass is 10.1. The van der Waals surface area contributed by atoms with Crippen LogP contribution in [0.4, 0.5) is 4.79 Å². The van der Waals surface area contributed by atoms with E-state index in [1.807, 2.05) is 30.4 Å². The van der Waals surface area contributed by atoms with Gasteiger partial charge in [0.2, 0.25) is 0 Å². The van der Waals surface area contributed by atoms with E-state index in [9.17, 15) is 14.4 Å². The van der Waals surface area contributed by atoms with Crippen molar-refractivity contribution >= 4 is 24.0 Å². The number of hydrogen-bond donors (Lipinski definition) is 2. The summed E-state index contributed by atoms with van der Waals surface area (Å²) in [6.45, 7) is 1.86. The molecule has 0 radical (unpaired) electrons. The lowest BCUT2D eigenvalue weighted by molar-refractivity contribution is -0.142. The second-order valence-corrected chi connectivity index (χ2v) is 6.46. The number of aryl methyl sites for hydroxylation is 1. The molecule has 0 spiro atoms. The molecule has 8 heteroatoms. The summed E-state index contributed by atoms with van der Waals surface area (Å²) in [4.78, 5) is 34.0. The Morgan fingerprint density at radius 1 is 1.21 bits per heavy atom. The molecule has 1 aliphatic rings. The highest BCUT2D eigenvalue weighted by Gasteiger charge is 2.25. The summed E-state index contributed by atoms with van der Waals surface area (Å²) < 4.78 is 15.3. The van der Waals surface area contributed by atoms with Gasteiger partial charge in [0.25, 0.3) is 5.91 Å². The monoisotopic (exact) mass is 396 g/mol. The van der Waals surface area contributed by atoms with Gasteiger partial charge in [0.05, 0.1) is 7.11 Å². The van der Waals surface area contributed by atoms with Crippen molar-refractivity contribution in [3.05, 3.63) is 64.9 Å². The number of benzene rings is 2. The number of amides is 2. The Morgan fingerprint density at radius 3 is 2.52 bits per heavy atom. The average Bonchev–Trinajstić information content (AvgIpc) is 3.01. The summed E-state index contributed by atoms with van der Waals surface area (Å²) >= 11 is 0. The maximum atomic E-state index is 11.5. The first-order valence-corrected chi connectivity index (χ1v) is 8.81. The number of nitrogens with two attached hydrogens (primary N) is 1. The fourth-order valence-corrected chi connectivity index (χ4v) is 2.76. The van der Waals surface area contributed by atoms with Gasteiger partial charge in [-0.25, -0.2) is 4.79 Å². The molecular formula is C21H20N2O6. The normalized spacial score (nSPS) is 15.6. The molecule has 29 heavy (non-hydrogen) atoms. The number of hydrogen-bond acceptors (Lipinski definition) is 7. The third-order valence-corrected chi connectivity index (χ3v) is 4.25. The summed E-state index contributed by atoms with van der Waals surface area (Å²) in [6.07, 6.45) is 1.07. The van der Waals surface area contributed by atoms with Gasteiger partial charge in [-0.05, 0) is 60.4 Å². The first kappa shape index (κ1) is 20.1. The highest BCUT2D eigenvalue weighted by molar-refractivity contribution is 6.09. The molecule has 1 heterocycles. The maximum absolute atomic E-state index is 11.5. The number of carbonyl (C=O) groups is 3. The van der Waals surface area contributed by atoms with Gasteiger partial charge in [-0.3, -0.25) is 14.9 Å². The van der Waals surface area contributed by atoms with Crippen LogP contribution in [0, 0.1) is 6.92 Å². The van der Waals surface area contributed by atoms with E-state index in [0.717, 1.165) is 11.1 Å². The second-order valence-electron chi connectivity index (χ2n) is 6.46. The van der Waals surface area contributed by atoms with Crippen LogP contribution in [0.1, 0.15) is 16.7 Å². The van der Waals surface area contributed by atoms with Crippen molar-refractivity contribution in [2.45, 2.75) is 19.4 Å². The average molecular weight is 396 g/mol. The topological polar surface area (TPSA) is 117 Å². The molecule has 3 rings (SSSR count). The van der Waals surface area contributed by atoms with Gasteiger partial charge in [-0.1, -0.05) is 18.2 Å². The van der Waals surface area contributed by atoms with Gasteiger partial charge < -0.3 is 19.9 Å². The summed E-state index contributed by atoms with van der Waals surface area (Å²) in [7, 11) is 1.30. The van der Waals surface area contributed by atoms with Crippen molar-refractivity contribution in [2.24, 2.45) is 5.73 Å². The van der Waals surface area contributed by atoms with Crippen LogP contribution in [-0.4, -0.2) is 31.1 Å². The van der Waals surface area contributed by atoms with E-state index in [1.165, 1.54) is 13.2 Å². The van der Waals surface area contributed by atoms with Crippen LogP contribution in [0.15, 0.2) is 48.2 Å². The van der Waals surface area contributed by atoms with Crippen molar-refractivity contribution in [1.82, 2.24) is 5.32 Å². The van der Waals surface area contributed by atoms with Crippen LogP contribution < -0.4 is 15.8 Å². The van der Waals surface area contributed by atoms with Crippen molar-refractivity contribution in [2.75, 3.05) is 7.11 Å². The van der Waals surface area contributed by atoms with Gasteiger partial charge in [0.15, 0.2) is 5.76 Å². The van der Waals surface area contributed by atoms with E-state index in [1.54, 1.807) is 24.3 Å². The Bertz CT molecular complexity index is 981. The van der Waals surface area contributed by atoms with Gasteiger partial charge in [-0.15, -0.1) is 0 Å². The first-order chi connectivity index (χ1) is 13.9. The third-order valence-electron chi connectivity index (χ3n) is 4.25. The Balaban J connectivity index is 1.67. The molecule has 1 atom stereocenters. The fourth-order valence-electron chi connectivity index (χ4n) is 2.76. The number of cyclic esters (lactones) is 1. The molecular weight excluding hydrogens is 376 g/mol. The highest BCUT2D eigenvalue weighted by Crippen LogP contribution is 2.27. The molecule has 1 unspecified atom stereocenters. The van der Waals surface area contributed by atoms with E-state index < -0.39 is 24.0 Å². The minimum Gasteiger partial charge on any atom is -0.468 e. The summed E-state index contributed by atoms with van der Waals surface area (Å²) in [5.41, 5.74) is 8.18. The van der Waals surface area contributed by atoms with Crippen molar-refractivity contribution < 1.29 is 28.6 Å². The molecule has 0 saturated carbocycles. The molecule has 8 nitrogen and oxygen atoms in total. The summed E-state index contributed by atoms with van der Waals surface area (Å²) in [5.74, 6) is 0.183. The quantitative estimate of drug-likeness (QED) is 0.569. The number of methoxy groups -OCH3 is 1. The SMILES string of the molecule is COC(=O)C(N)Cc1ccc(Oc2ccc(/C=C3/OC(=O)NC3=O)cc2C)cc1. The van der Waals surface area contributed by atoms with Gasteiger partial charge in [-0.2, -0.15) is 0 Å². The van der Waals surface area contributed by atoms with E-state index >= 15 is 0 Å². The van der Waals surface area contributed by atoms with Crippen molar-refractivity contribution in [3.8, 4) is 11.5 Å². The molecule has 1 aliphatic heterocycles. The molecule has 150 valence electrons. The minimum atomic E-state index is -0.783. The van der Waals surface area contributed by atoms with Crippen molar-refractivity contribution in [1.29, 1.82) is 0 Å². The summed E-state index contributed by atoms with van der Waals surface area (Å²) in [6, 6.07) is 11.9. The number of nitrogens with one attached hydrogen (secondary N) is 1. The van der Waals surface area contributed by atoms with E-state index in [0.29, 0.717) is 23.5 Å². The van der Waals surface area contributed by atoms with Gasteiger partial charge in [0, 0.05) is 0 Å². The summed E-state index contributed by atoms with van der Waals surface area (Å²) in [5, 5.41) is 2.04. The van der Waals surface area contributed by atoms with E-state index in [2.05, 4.69) is 4.74 Å². The predicted molar refractivity (Wildman–Crippen MR) is 104 cm³/mol. The van der Waals surface area contributed by atoms with E-state index in [-0.39, 0.29) is 5.76 Å². The molecule has 1 saturated heterocycles.